The first kappa shape index (κ1) is 12.5. The molecule has 15 heavy (non-hydrogen) atoms. The van der Waals surface area contributed by atoms with Crippen molar-refractivity contribution in [2.24, 2.45) is 11.7 Å². The van der Waals surface area contributed by atoms with E-state index in [0.29, 0.717) is 10.9 Å². The lowest BCUT2D eigenvalue weighted by molar-refractivity contribution is 0.689. The first-order chi connectivity index (χ1) is 7.02. The number of nitrogens with two attached hydrogens (primary N) is 1. The number of halogens is 1. The van der Waals surface area contributed by atoms with Crippen LogP contribution in [0.15, 0.2) is 22.7 Å². The second kappa shape index (κ2) is 5.47. The molecule has 1 rings (SSSR count). The fourth-order valence-electron chi connectivity index (χ4n) is 1.24. The number of thiocarbonyl (C=S) groups is 1. The molecule has 4 heteroatoms. The molecule has 1 aromatic rings. The molecule has 0 spiro atoms. The van der Waals surface area contributed by atoms with E-state index in [1.807, 2.05) is 18.2 Å². The zero-order valence-electron chi connectivity index (χ0n) is 8.88. The molecule has 0 atom stereocenters. The number of rotatable bonds is 4. The summed E-state index contributed by atoms with van der Waals surface area (Å²) in [6, 6.07) is 5.89. The van der Waals surface area contributed by atoms with Crippen molar-refractivity contribution in [1.82, 2.24) is 0 Å². The van der Waals surface area contributed by atoms with Gasteiger partial charge in [-0.15, -0.1) is 0 Å². The topological polar surface area (TPSA) is 38.0 Å². The Labute approximate surface area is 104 Å². The third-order valence-electron chi connectivity index (χ3n) is 1.96. The summed E-state index contributed by atoms with van der Waals surface area (Å²) in [7, 11) is 0. The van der Waals surface area contributed by atoms with E-state index in [0.717, 1.165) is 22.3 Å². The van der Waals surface area contributed by atoms with Gasteiger partial charge in [-0.3, -0.25) is 0 Å². The van der Waals surface area contributed by atoms with Crippen LogP contribution in [0.4, 0.5) is 5.69 Å². The van der Waals surface area contributed by atoms with Crippen LogP contribution in [0.25, 0.3) is 0 Å². The van der Waals surface area contributed by atoms with Crippen LogP contribution in [0.1, 0.15) is 19.4 Å². The Hall–Kier alpha value is -0.610. The molecule has 1 aromatic carbocycles. The molecule has 0 saturated heterocycles. The van der Waals surface area contributed by atoms with E-state index in [1.165, 1.54) is 0 Å². The molecule has 2 nitrogen and oxygen atoms in total. The third kappa shape index (κ3) is 3.47. The van der Waals surface area contributed by atoms with Crippen LogP contribution in [0.2, 0.25) is 0 Å². The van der Waals surface area contributed by atoms with Crippen LogP contribution in [0.3, 0.4) is 0 Å². The maximum atomic E-state index is 5.68. The van der Waals surface area contributed by atoms with Crippen molar-refractivity contribution >= 4 is 38.8 Å². The van der Waals surface area contributed by atoms with Crippen molar-refractivity contribution < 1.29 is 0 Å². The monoisotopic (exact) mass is 286 g/mol. The van der Waals surface area contributed by atoms with Crippen LogP contribution in [-0.4, -0.2) is 11.5 Å². The molecule has 82 valence electrons. The average molecular weight is 287 g/mol. The zero-order chi connectivity index (χ0) is 11.4. The highest BCUT2D eigenvalue weighted by atomic mass is 79.9. The lowest BCUT2D eigenvalue weighted by Gasteiger charge is -2.14. The Balaban J connectivity index is 2.96. The molecule has 0 heterocycles. The Morgan fingerprint density at radius 1 is 1.53 bits per heavy atom. The minimum atomic E-state index is 0.411. The summed E-state index contributed by atoms with van der Waals surface area (Å²) < 4.78 is 0.934. The molecule has 3 N–H and O–H groups in total. The summed E-state index contributed by atoms with van der Waals surface area (Å²) in [6.45, 7) is 5.23. The summed E-state index contributed by atoms with van der Waals surface area (Å²) in [5.41, 5.74) is 7.56. The van der Waals surface area contributed by atoms with E-state index in [2.05, 4.69) is 35.1 Å². The van der Waals surface area contributed by atoms with E-state index >= 15 is 0 Å². The maximum Gasteiger partial charge on any atom is 0.107 e. The number of anilines is 1. The van der Waals surface area contributed by atoms with Gasteiger partial charge in [-0.25, -0.2) is 0 Å². The van der Waals surface area contributed by atoms with E-state index < -0.39 is 0 Å². The summed E-state index contributed by atoms with van der Waals surface area (Å²) >= 11 is 8.47. The van der Waals surface area contributed by atoms with Gasteiger partial charge in [0.05, 0.1) is 0 Å². The molecule has 0 amide bonds. The largest absolute Gasteiger partial charge is 0.389 e. The quantitative estimate of drug-likeness (QED) is 0.835. The number of hydrogen-bond donors (Lipinski definition) is 2. The lowest BCUT2D eigenvalue weighted by atomic mass is 10.1. The van der Waals surface area contributed by atoms with Crippen molar-refractivity contribution in [1.29, 1.82) is 0 Å². The molecule has 0 radical (unpaired) electrons. The Bertz CT molecular complexity index is 364. The van der Waals surface area contributed by atoms with Gasteiger partial charge in [0, 0.05) is 22.3 Å². The van der Waals surface area contributed by atoms with Gasteiger partial charge in [0.2, 0.25) is 0 Å². The molecule has 0 aliphatic heterocycles. The standard InChI is InChI=1S/C11H15BrN2S/c1-7(2)6-14-9-5-3-4-8(12)10(9)11(13)15/h3-5,7,14H,6H2,1-2H3,(H2,13,15). The molecule has 0 aliphatic rings. The fraction of sp³-hybridized carbons (Fsp3) is 0.364. The van der Waals surface area contributed by atoms with E-state index in [-0.39, 0.29) is 0 Å². The van der Waals surface area contributed by atoms with Crippen LogP contribution in [0, 0.1) is 5.92 Å². The summed E-state index contributed by atoms with van der Waals surface area (Å²) in [5, 5.41) is 3.34. The molecule has 0 aliphatic carbocycles. The predicted molar refractivity (Wildman–Crippen MR) is 73.4 cm³/mol. The number of hydrogen-bond acceptors (Lipinski definition) is 2. The lowest BCUT2D eigenvalue weighted by Crippen LogP contribution is -2.16. The highest BCUT2D eigenvalue weighted by Crippen LogP contribution is 2.24. The van der Waals surface area contributed by atoms with Crippen molar-refractivity contribution in [3.63, 3.8) is 0 Å². The molecular formula is C11H15BrN2S. The second-order valence-electron chi connectivity index (χ2n) is 3.80. The molecule has 0 saturated carbocycles. The van der Waals surface area contributed by atoms with Crippen LogP contribution in [-0.2, 0) is 0 Å². The molecule has 0 fully saturated rings. The summed E-state index contributed by atoms with van der Waals surface area (Å²) in [4.78, 5) is 0.411. The maximum absolute atomic E-state index is 5.68. The molecule has 0 bridgehead atoms. The molecule has 0 aromatic heterocycles. The summed E-state index contributed by atoms with van der Waals surface area (Å²) in [6.07, 6.45) is 0. The van der Waals surface area contributed by atoms with Crippen molar-refractivity contribution in [2.75, 3.05) is 11.9 Å². The smallest absolute Gasteiger partial charge is 0.107 e. The fourth-order valence-corrected chi connectivity index (χ4v) is 2.17. The molecule has 0 unspecified atom stereocenters. The Kier molecular flexibility index (Phi) is 4.54. The Morgan fingerprint density at radius 3 is 2.73 bits per heavy atom. The van der Waals surface area contributed by atoms with Crippen LogP contribution in [0.5, 0.6) is 0 Å². The first-order valence-corrected chi connectivity index (χ1v) is 6.04. The zero-order valence-corrected chi connectivity index (χ0v) is 11.3. The molecular weight excluding hydrogens is 272 g/mol. The van der Waals surface area contributed by atoms with Gasteiger partial charge in [-0.2, -0.15) is 0 Å². The second-order valence-corrected chi connectivity index (χ2v) is 5.10. The normalized spacial score (nSPS) is 10.4. The van der Waals surface area contributed by atoms with Gasteiger partial charge in [0.15, 0.2) is 0 Å². The van der Waals surface area contributed by atoms with Gasteiger partial charge >= 0.3 is 0 Å². The van der Waals surface area contributed by atoms with E-state index in [1.54, 1.807) is 0 Å². The average Bonchev–Trinajstić information content (AvgIpc) is 2.13. The van der Waals surface area contributed by atoms with Crippen molar-refractivity contribution in [3.05, 3.63) is 28.2 Å². The highest BCUT2D eigenvalue weighted by molar-refractivity contribution is 9.10. The van der Waals surface area contributed by atoms with E-state index in [4.69, 9.17) is 18.0 Å². The third-order valence-corrected chi connectivity index (χ3v) is 2.83. The van der Waals surface area contributed by atoms with Crippen molar-refractivity contribution in [3.8, 4) is 0 Å². The van der Waals surface area contributed by atoms with Gasteiger partial charge in [0.1, 0.15) is 4.99 Å². The summed E-state index contributed by atoms with van der Waals surface area (Å²) in [5.74, 6) is 0.586. The minimum Gasteiger partial charge on any atom is -0.389 e. The van der Waals surface area contributed by atoms with E-state index in [9.17, 15) is 0 Å². The van der Waals surface area contributed by atoms with Gasteiger partial charge in [-0.05, 0) is 34.0 Å². The van der Waals surface area contributed by atoms with Gasteiger partial charge in [0.25, 0.3) is 0 Å². The van der Waals surface area contributed by atoms with Gasteiger partial charge < -0.3 is 11.1 Å². The number of nitrogens with one attached hydrogen (secondary N) is 1. The van der Waals surface area contributed by atoms with Crippen LogP contribution < -0.4 is 11.1 Å². The van der Waals surface area contributed by atoms with Crippen molar-refractivity contribution in [2.45, 2.75) is 13.8 Å². The number of benzene rings is 1. The van der Waals surface area contributed by atoms with Gasteiger partial charge in [-0.1, -0.05) is 32.1 Å². The predicted octanol–water partition coefficient (Wildman–Crippen LogP) is 3.15. The Morgan fingerprint density at radius 2 is 2.20 bits per heavy atom. The first-order valence-electron chi connectivity index (χ1n) is 4.84. The minimum absolute atomic E-state index is 0.411. The van der Waals surface area contributed by atoms with Crippen LogP contribution >= 0.6 is 28.1 Å². The SMILES string of the molecule is CC(C)CNc1cccc(Br)c1C(N)=S. The highest BCUT2D eigenvalue weighted by Gasteiger charge is 2.08.